The summed E-state index contributed by atoms with van der Waals surface area (Å²) in [6, 6.07) is 4.15. The van der Waals surface area contributed by atoms with Crippen LogP contribution in [0.5, 0.6) is 0 Å². The number of nitrogens with zero attached hydrogens (tertiary/aromatic N) is 4. The lowest BCUT2D eigenvalue weighted by Crippen LogP contribution is -2.37. The fraction of sp³-hybridized carbons (Fsp3) is 0.294. The van der Waals surface area contributed by atoms with Crippen molar-refractivity contribution in [1.82, 2.24) is 15.3 Å². The maximum Gasteiger partial charge on any atom is 0.344 e. The Morgan fingerprint density at radius 2 is 1.96 bits per heavy atom. The Labute approximate surface area is 155 Å². The highest BCUT2D eigenvalue weighted by Gasteiger charge is 2.15. The molecule has 0 bridgehead atoms. The average Bonchev–Trinajstić information content (AvgIpc) is 2.67. The molecule has 27 heavy (non-hydrogen) atoms. The van der Waals surface area contributed by atoms with Gasteiger partial charge in [-0.1, -0.05) is 18.2 Å². The number of halogens is 1. The van der Waals surface area contributed by atoms with Gasteiger partial charge < -0.3 is 26.4 Å². The summed E-state index contributed by atoms with van der Waals surface area (Å²) >= 11 is 0. The lowest BCUT2D eigenvalue weighted by atomic mass is 10.0. The van der Waals surface area contributed by atoms with Crippen LogP contribution in [0, 0.1) is 5.82 Å². The van der Waals surface area contributed by atoms with Crippen molar-refractivity contribution in [2.24, 2.45) is 16.5 Å². The highest BCUT2D eigenvalue weighted by atomic mass is 19.1. The Kier molecular flexibility index (Phi) is 5.77. The van der Waals surface area contributed by atoms with Crippen LogP contribution in [0.15, 0.2) is 35.6 Å². The predicted octanol–water partition coefficient (Wildman–Crippen LogP) is 0.602. The standard InChI is InChI=1S/C17H20FN7O2/c18-14-11(8-23-17(26)24-15(19)20)2-1-3-13(14)12-9-21-16(22-10-12)25-4-6-27-7-5-25/h1-3,9-10H,4-8H2,(H5,19,20,23,24,26). The number of amides is 2. The molecule has 1 aliphatic rings. The zero-order chi connectivity index (χ0) is 19.2. The molecule has 1 aromatic carbocycles. The van der Waals surface area contributed by atoms with E-state index in [0.717, 1.165) is 13.1 Å². The highest BCUT2D eigenvalue weighted by Crippen LogP contribution is 2.25. The Morgan fingerprint density at radius 1 is 1.26 bits per heavy atom. The van der Waals surface area contributed by atoms with Gasteiger partial charge in [0.05, 0.1) is 13.2 Å². The highest BCUT2D eigenvalue weighted by molar-refractivity contribution is 5.90. The van der Waals surface area contributed by atoms with E-state index in [-0.39, 0.29) is 12.5 Å². The monoisotopic (exact) mass is 373 g/mol. The first-order chi connectivity index (χ1) is 13.0. The zero-order valence-corrected chi connectivity index (χ0v) is 14.6. The minimum Gasteiger partial charge on any atom is -0.378 e. The Bertz CT molecular complexity index is 832. The van der Waals surface area contributed by atoms with E-state index in [1.54, 1.807) is 30.6 Å². The number of morpholine rings is 1. The minimum atomic E-state index is -0.738. The third kappa shape index (κ3) is 4.67. The average molecular weight is 373 g/mol. The van der Waals surface area contributed by atoms with Gasteiger partial charge >= 0.3 is 6.03 Å². The molecule has 142 valence electrons. The molecule has 1 aliphatic heterocycles. The lowest BCUT2D eigenvalue weighted by Gasteiger charge is -2.26. The number of nitrogens with one attached hydrogen (secondary N) is 1. The van der Waals surface area contributed by atoms with Gasteiger partial charge in [0.25, 0.3) is 0 Å². The third-order valence-electron chi connectivity index (χ3n) is 3.98. The van der Waals surface area contributed by atoms with Crippen molar-refractivity contribution in [3.05, 3.63) is 42.0 Å². The van der Waals surface area contributed by atoms with Gasteiger partial charge in [0.1, 0.15) is 5.82 Å². The van der Waals surface area contributed by atoms with Crippen LogP contribution in [-0.4, -0.2) is 48.3 Å². The summed E-state index contributed by atoms with van der Waals surface area (Å²) in [5, 5.41) is 2.43. The molecule has 1 fully saturated rings. The number of rotatable bonds is 4. The van der Waals surface area contributed by atoms with Crippen molar-refractivity contribution in [3.8, 4) is 11.1 Å². The van der Waals surface area contributed by atoms with E-state index in [9.17, 15) is 9.18 Å². The fourth-order valence-corrected chi connectivity index (χ4v) is 2.65. The van der Waals surface area contributed by atoms with Crippen LogP contribution in [0.4, 0.5) is 15.1 Å². The summed E-state index contributed by atoms with van der Waals surface area (Å²) in [5.74, 6) is -0.243. The number of hydrogen-bond donors (Lipinski definition) is 3. The normalized spacial score (nSPS) is 13.9. The molecule has 10 heteroatoms. The summed E-state index contributed by atoms with van der Waals surface area (Å²) in [6.07, 6.45) is 3.16. The smallest absolute Gasteiger partial charge is 0.344 e. The van der Waals surface area contributed by atoms with Gasteiger partial charge in [0, 0.05) is 48.7 Å². The number of nitrogens with two attached hydrogens (primary N) is 2. The zero-order valence-electron chi connectivity index (χ0n) is 14.6. The van der Waals surface area contributed by atoms with Crippen molar-refractivity contribution >= 4 is 17.9 Å². The van der Waals surface area contributed by atoms with Gasteiger partial charge in [-0.2, -0.15) is 4.99 Å². The number of hydrogen-bond acceptors (Lipinski definition) is 5. The molecule has 0 spiro atoms. The SMILES string of the molecule is NC(N)=NC(=O)NCc1cccc(-c2cnc(N3CCOCC3)nc2)c1F. The summed E-state index contributed by atoms with van der Waals surface area (Å²) in [7, 11) is 0. The topological polar surface area (TPSA) is 132 Å². The number of aliphatic imine (C=N–C) groups is 1. The van der Waals surface area contributed by atoms with Gasteiger partial charge in [-0.05, 0) is 0 Å². The number of benzene rings is 1. The number of guanidine groups is 1. The van der Waals surface area contributed by atoms with E-state index in [2.05, 4.69) is 20.3 Å². The summed E-state index contributed by atoms with van der Waals surface area (Å²) in [6.45, 7) is 2.65. The molecule has 2 heterocycles. The van der Waals surface area contributed by atoms with Crippen LogP contribution in [-0.2, 0) is 11.3 Å². The number of urea groups is 1. The molecule has 3 rings (SSSR count). The third-order valence-corrected chi connectivity index (χ3v) is 3.98. The van der Waals surface area contributed by atoms with Crippen LogP contribution >= 0.6 is 0 Å². The second kappa shape index (κ2) is 8.41. The van der Waals surface area contributed by atoms with Crippen molar-refractivity contribution in [2.75, 3.05) is 31.2 Å². The maximum atomic E-state index is 14.8. The molecule has 0 radical (unpaired) electrons. The first kappa shape index (κ1) is 18.5. The minimum absolute atomic E-state index is 0.0536. The van der Waals surface area contributed by atoms with Crippen molar-refractivity contribution in [1.29, 1.82) is 0 Å². The predicted molar refractivity (Wildman–Crippen MR) is 98.5 cm³/mol. The summed E-state index contributed by atoms with van der Waals surface area (Å²) in [4.78, 5) is 25.5. The van der Waals surface area contributed by atoms with Crippen LogP contribution in [0.2, 0.25) is 0 Å². The first-order valence-electron chi connectivity index (χ1n) is 8.34. The Morgan fingerprint density at radius 3 is 2.63 bits per heavy atom. The van der Waals surface area contributed by atoms with E-state index in [1.807, 2.05) is 4.90 Å². The second-order valence-electron chi connectivity index (χ2n) is 5.85. The Balaban J connectivity index is 1.74. The number of ether oxygens (including phenoxy) is 1. The van der Waals surface area contributed by atoms with Crippen LogP contribution in [0.25, 0.3) is 11.1 Å². The quantitative estimate of drug-likeness (QED) is 0.528. The van der Waals surface area contributed by atoms with E-state index in [1.165, 1.54) is 0 Å². The van der Waals surface area contributed by atoms with Crippen molar-refractivity contribution in [3.63, 3.8) is 0 Å². The largest absolute Gasteiger partial charge is 0.378 e. The number of carbonyl (C=O) groups excluding carboxylic acids is 1. The molecule has 0 atom stereocenters. The van der Waals surface area contributed by atoms with Gasteiger partial charge in [0.15, 0.2) is 5.96 Å². The van der Waals surface area contributed by atoms with Gasteiger partial charge in [-0.15, -0.1) is 0 Å². The van der Waals surface area contributed by atoms with Crippen molar-refractivity contribution < 1.29 is 13.9 Å². The molecule has 1 aromatic heterocycles. The molecule has 1 saturated heterocycles. The molecule has 5 N–H and O–H groups in total. The van der Waals surface area contributed by atoms with E-state index in [0.29, 0.717) is 35.9 Å². The van der Waals surface area contributed by atoms with E-state index in [4.69, 9.17) is 16.2 Å². The molecule has 0 unspecified atom stereocenters. The Hall–Kier alpha value is -3.27. The maximum absolute atomic E-state index is 14.8. The molecule has 0 saturated carbocycles. The first-order valence-corrected chi connectivity index (χ1v) is 8.34. The molecule has 2 amide bonds. The summed E-state index contributed by atoms with van der Waals surface area (Å²) < 4.78 is 20.1. The van der Waals surface area contributed by atoms with E-state index < -0.39 is 11.8 Å². The van der Waals surface area contributed by atoms with Gasteiger partial charge in [-0.25, -0.2) is 19.2 Å². The van der Waals surface area contributed by atoms with Crippen LogP contribution in [0.1, 0.15) is 5.56 Å². The van der Waals surface area contributed by atoms with Gasteiger partial charge in [-0.3, -0.25) is 0 Å². The molecule has 9 nitrogen and oxygen atoms in total. The molecule has 2 aromatic rings. The molecule has 0 aliphatic carbocycles. The number of anilines is 1. The second-order valence-corrected chi connectivity index (χ2v) is 5.85. The fourth-order valence-electron chi connectivity index (χ4n) is 2.65. The van der Waals surface area contributed by atoms with Crippen LogP contribution in [0.3, 0.4) is 0 Å². The number of carbonyl (C=O) groups is 1. The molecular formula is C17H20FN7O2. The van der Waals surface area contributed by atoms with E-state index >= 15 is 0 Å². The van der Waals surface area contributed by atoms with Crippen LogP contribution < -0.4 is 21.7 Å². The summed E-state index contributed by atoms with van der Waals surface area (Å²) in [5.41, 5.74) is 11.4. The number of aromatic nitrogens is 2. The lowest BCUT2D eigenvalue weighted by molar-refractivity contribution is 0.122. The van der Waals surface area contributed by atoms with Gasteiger partial charge in [0.2, 0.25) is 5.95 Å². The molecular weight excluding hydrogens is 353 g/mol. The van der Waals surface area contributed by atoms with Crippen molar-refractivity contribution in [2.45, 2.75) is 6.54 Å².